The van der Waals surface area contributed by atoms with E-state index in [1.54, 1.807) is 0 Å². The lowest BCUT2D eigenvalue weighted by atomic mass is 10.0. The Morgan fingerprint density at radius 1 is 1.37 bits per heavy atom. The van der Waals surface area contributed by atoms with Gasteiger partial charge in [0.15, 0.2) is 0 Å². The molecule has 0 bridgehead atoms. The molecular weight excluding hydrogens is 304 g/mol. The van der Waals surface area contributed by atoms with Crippen molar-refractivity contribution in [2.45, 2.75) is 38.3 Å². The minimum absolute atomic E-state index is 0.634. The molecule has 0 radical (unpaired) electrons. The lowest BCUT2D eigenvalue weighted by Gasteiger charge is -2.23. The summed E-state index contributed by atoms with van der Waals surface area (Å²) in [5.74, 6) is 1.10. The summed E-state index contributed by atoms with van der Waals surface area (Å²) in [6.07, 6.45) is 5.00. The zero-order valence-corrected chi connectivity index (χ0v) is 12.8. The van der Waals surface area contributed by atoms with Crippen LogP contribution in [0.15, 0.2) is 16.6 Å². The van der Waals surface area contributed by atoms with Gasteiger partial charge in [-0.1, -0.05) is 22.4 Å². The molecule has 0 spiro atoms. The third-order valence-corrected chi connectivity index (χ3v) is 4.40. The van der Waals surface area contributed by atoms with E-state index in [1.807, 2.05) is 0 Å². The van der Waals surface area contributed by atoms with E-state index >= 15 is 0 Å². The fourth-order valence-corrected chi connectivity index (χ4v) is 3.51. The zero-order chi connectivity index (χ0) is 13.1. The molecule has 1 unspecified atom stereocenters. The minimum atomic E-state index is 0.634. The number of fused-ring (bicyclic) bond motifs is 1. The quantitative estimate of drug-likeness (QED) is 0.893. The summed E-state index contributed by atoms with van der Waals surface area (Å²) >= 11 is 3.59. The van der Waals surface area contributed by atoms with Crippen molar-refractivity contribution in [3.63, 3.8) is 0 Å². The van der Waals surface area contributed by atoms with Crippen LogP contribution in [0.3, 0.4) is 0 Å². The molecule has 1 atom stereocenters. The van der Waals surface area contributed by atoms with Crippen LogP contribution < -0.4 is 15.4 Å². The standard InChI is InChI=1S/C15H21BrN2O/c16-13-7-11-4-6-19-15(11)12(8-13)9-17-10-14-3-1-2-5-18-14/h7-8,14,17-18H,1-6,9-10H2. The molecule has 1 aromatic rings. The van der Waals surface area contributed by atoms with Gasteiger partial charge in [0.1, 0.15) is 5.75 Å². The largest absolute Gasteiger partial charge is 0.493 e. The van der Waals surface area contributed by atoms with Gasteiger partial charge < -0.3 is 15.4 Å². The van der Waals surface area contributed by atoms with Gasteiger partial charge in [-0.15, -0.1) is 0 Å². The predicted octanol–water partition coefficient (Wildman–Crippen LogP) is 2.62. The third kappa shape index (κ3) is 3.30. The lowest BCUT2D eigenvalue weighted by molar-refractivity contribution is 0.350. The van der Waals surface area contributed by atoms with Crippen molar-refractivity contribution in [2.24, 2.45) is 0 Å². The second kappa shape index (κ2) is 6.25. The maximum atomic E-state index is 5.75. The van der Waals surface area contributed by atoms with Crippen molar-refractivity contribution in [1.29, 1.82) is 0 Å². The molecular formula is C15H21BrN2O. The number of ether oxygens (including phenoxy) is 1. The molecule has 0 aliphatic carbocycles. The number of benzene rings is 1. The Morgan fingerprint density at radius 3 is 3.16 bits per heavy atom. The Bertz CT molecular complexity index is 444. The number of nitrogens with one attached hydrogen (secondary N) is 2. The second-order valence-electron chi connectivity index (χ2n) is 5.43. The van der Waals surface area contributed by atoms with Gasteiger partial charge in [0, 0.05) is 35.6 Å². The van der Waals surface area contributed by atoms with Crippen molar-refractivity contribution < 1.29 is 4.74 Å². The van der Waals surface area contributed by atoms with Gasteiger partial charge in [0.2, 0.25) is 0 Å². The van der Waals surface area contributed by atoms with Gasteiger partial charge in [-0.2, -0.15) is 0 Å². The van der Waals surface area contributed by atoms with Gasteiger partial charge in [0.05, 0.1) is 6.61 Å². The molecule has 0 aromatic heterocycles. The van der Waals surface area contributed by atoms with E-state index in [0.29, 0.717) is 6.04 Å². The van der Waals surface area contributed by atoms with E-state index in [2.05, 4.69) is 38.7 Å². The topological polar surface area (TPSA) is 33.3 Å². The van der Waals surface area contributed by atoms with Crippen LogP contribution in [0.4, 0.5) is 0 Å². The van der Waals surface area contributed by atoms with Gasteiger partial charge in [0.25, 0.3) is 0 Å². The van der Waals surface area contributed by atoms with Crippen LogP contribution in [0, 0.1) is 0 Å². The molecule has 1 aromatic carbocycles. The normalized spacial score (nSPS) is 22.1. The van der Waals surface area contributed by atoms with Crippen LogP contribution >= 0.6 is 15.9 Å². The number of rotatable bonds is 4. The summed E-state index contributed by atoms with van der Waals surface area (Å²) < 4.78 is 6.91. The highest BCUT2D eigenvalue weighted by atomic mass is 79.9. The Labute approximate surface area is 123 Å². The lowest BCUT2D eigenvalue weighted by Crippen LogP contribution is -2.41. The first-order valence-electron chi connectivity index (χ1n) is 7.21. The van der Waals surface area contributed by atoms with Gasteiger partial charge in [-0.25, -0.2) is 0 Å². The van der Waals surface area contributed by atoms with Crippen LogP contribution in [-0.2, 0) is 13.0 Å². The van der Waals surface area contributed by atoms with E-state index in [1.165, 1.54) is 36.9 Å². The van der Waals surface area contributed by atoms with Crippen LogP contribution in [0.25, 0.3) is 0 Å². The summed E-state index contributed by atoms with van der Waals surface area (Å²) in [6.45, 7) is 3.92. The van der Waals surface area contributed by atoms with E-state index in [0.717, 1.165) is 36.3 Å². The highest BCUT2D eigenvalue weighted by molar-refractivity contribution is 9.10. The molecule has 2 aliphatic rings. The van der Waals surface area contributed by atoms with Crippen LogP contribution in [-0.4, -0.2) is 25.7 Å². The highest BCUT2D eigenvalue weighted by Gasteiger charge is 2.18. The Hall–Kier alpha value is -0.580. The number of hydrogen-bond acceptors (Lipinski definition) is 3. The van der Waals surface area contributed by atoms with Crippen LogP contribution in [0.1, 0.15) is 30.4 Å². The van der Waals surface area contributed by atoms with Gasteiger partial charge in [-0.05, 0) is 37.1 Å². The van der Waals surface area contributed by atoms with E-state index < -0.39 is 0 Å². The molecule has 3 nitrogen and oxygen atoms in total. The molecule has 1 fully saturated rings. The first kappa shape index (κ1) is 13.4. The monoisotopic (exact) mass is 324 g/mol. The SMILES string of the molecule is Brc1cc2c(c(CNCC3CCCCN3)c1)OCC2. The van der Waals surface area contributed by atoms with Crippen molar-refractivity contribution >= 4 is 15.9 Å². The fraction of sp³-hybridized carbons (Fsp3) is 0.600. The van der Waals surface area contributed by atoms with E-state index in [4.69, 9.17) is 4.74 Å². The molecule has 2 aliphatic heterocycles. The van der Waals surface area contributed by atoms with Crippen LogP contribution in [0.5, 0.6) is 5.75 Å². The molecule has 1 saturated heterocycles. The summed E-state index contributed by atoms with van der Waals surface area (Å²) in [6, 6.07) is 4.98. The first-order chi connectivity index (χ1) is 9.33. The van der Waals surface area contributed by atoms with Crippen molar-refractivity contribution in [3.05, 3.63) is 27.7 Å². The smallest absolute Gasteiger partial charge is 0.127 e. The average Bonchev–Trinajstić information content (AvgIpc) is 2.88. The number of halogens is 1. The van der Waals surface area contributed by atoms with Crippen molar-refractivity contribution in [2.75, 3.05) is 19.7 Å². The Balaban J connectivity index is 1.57. The van der Waals surface area contributed by atoms with Gasteiger partial charge in [-0.3, -0.25) is 0 Å². The number of piperidine rings is 1. The summed E-state index contributed by atoms with van der Waals surface area (Å²) in [5.41, 5.74) is 2.61. The second-order valence-corrected chi connectivity index (χ2v) is 6.35. The summed E-state index contributed by atoms with van der Waals surface area (Å²) in [5, 5.41) is 7.13. The first-order valence-corrected chi connectivity index (χ1v) is 8.00. The fourth-order valence-electron chi connectivity index (χ4n) is 2.96. The maximum absolute atomic E-state index is 5.75. The average molecular weight is 325 g/mol. The predicted molar refractivity (Wildman–Crippen MR) is 80.7 cm³/mol. The molecule has 0 saturated carbocycles. The zero-order valence-electron chi connectivity index (χ0n) is 11.2. The number of hydrogen-bond donors (Lipinski definition) is 2. The molecule has 104 valence electrons. The molecule has 2 heterocycles. The van der Waals surface area contributed by atoms with E-state index in [9.17, 15) is 0 Å². The summed E-state index contributed by atoms with van der Waals surface area (Å²) in [4.78, 5) is 0. The summed E-state index contributed by atoms with van der Waals surface area (Å²) in [7, 11) is 0. The Kier molecular flexibility index (Phi) is 4.41. The van der Waals surface area contributed by atoms with Crippen molar-refractivity contribution in [1.82, 2.24) is 10.6 Å². The van der Waals surface area contributed by atoms with Crippen LogP contribution in [0.2, 0.25) is 0 Å². The Morgan fingerprint density at radius 2 is 2.32 bits per heavy atom. The minimum Gasteiger partial charge on any atom is -0.493 e. The molecule has 0 amide bonds. The third-order valence-electron chi connectivity index (χ3n) is 3.94. The molecule has 3 rings (SSSR count). The molecule has 4 heteroatoms. The van der Waals surface area contributed by atoms with E-state index in [-0.39, 0.29) is 0 Å². The highest BCUT2D eigenvalue weighted by Crippen LogP contribution is 2.32. The van der Waals surface area contributed by atoms with Gasteiger partial charge >= 0.3 is 0 Å². The molecule has 2 N–H and O–H groups in total. The molecule has 19 heavy (non-hydrogen) atoms. The van der Waals surface area contributed by atoms with Crippen molar-refractivity contribution in [3.8, 4) is 5.75 Å². The maximum Gasteiger partial charge on any atom is 0.127 e.